The molecule has 1 amide bonds. The van der Waals surface area contributed by atoms with Crippen LogP contribution in [0.15, 0.2) is 22.6 Å². The second kappa shape index (κ2) is 5.84. The highest BCUT2D eigenvalue weighted by atomic mass is 19.4. The van der Waals surface area contributed by atoms with Crippen molar-refractivity contribution in [2.75, 3.05) is 6.54 Å². The maximum Gasteiger partial charge on any atom is 0.416 e. The Labute approximate surface area is 130 Å². The van der Waals surface area contributed by atoms with Crippen LogP contribution in [0, 0.1) is 5.92 Å². The Morgan fingerprint density at radius 2 is 2.17 bits per heavy atom. The molecule has 1 aromatic carbocycles. The van der Waals surface area contributed by atoms with Gasteiger partial charge in [0.15, 0.2) is 5.58 Å². The van der Waals surface area contributed by atoms with E-state index in [4.69, 9.17) is 10.2 Å². The largest absolute Gasteiger partial charge is 0.439 e. The van der Waals surface area contributed by atoms with Crippen LogP contribution in [0.2, 0.25) is 0 Å². The summed E-state index contributed by atoms with van der Waals surface area (Å²) in [5, 5.41) is 3.21. The van der Waals surface area contributed by atoms with Gasteiger partial charge in [-0.05, 0) is 43.5 Å². The van der Waals surface area contributed by atoms with Crippen molar-refractivity contribution in [3.8, 4) is 0 Å². The molecule has 3 rings (SSSR count). The molecule has 1 aromatic heterocycles. The van der Waals surface area contributed by atoms with Gasteiger partial charge in [-0.3, -0.25) is 4.79 Å². The molecule has 1 saturated heterocycles. The van der Waals surface area contributed by atoms with Gasteiger partial charge >= 0.3 is 6.18 Å². The molecule has 1 fully saturated rings. The number of fused-ring (bicyclic) bond motifs is 1. The number of nitrogens with zero attached hydrogens (tertiary/aromatic N) is 1. The van der Waals surface area contributed by atoms with Crippen molar-refractivity contribution in [3.63, 3.8) is 0 Å². The van der Waals surface area contributed by atoms with Crippen molar-refractivity contribution in [1.29, 1.82) is 0 Å². The molecule has 0 radical (unpaired) electrons. The molecule has 124 valence electrons. The highest BCUT2D eigenvalue weighted by molar-refractivity contribution is 5.74. The maximum atomic E-state index is 12.7. The fourth-order valence-electron chi connectivity index (χ4n) is 2.85. The number of aromatic nitrogens is 1. The summed E-state index contributed by atoms with van der Waals surface area (Å²) in [6.07, 6.45) is -2.61. The fourth-order valence-corrected chi connectivity index (χ4v) is 2.85. The number of nitrogens with one attached hydrogen (secondary N) is 1. The molecule has 2 heterocycles. The van der Waals surface area contributed by atoms with Gasteiger partial charge in [-0.15, -0.1) is 0 Å². The molecule has 23 heavy (non-hydrogen) atoms. The number of benzene rings is 1. The number of hydrogen-bond acceptors (Lipinski definition) is 4. The average molecular weight is 327 g/mol. The van der Waals surface area contributed by atoms with E-state index in [1.807, 2.05) is 0 Å². The van der Waals surface area contributed by atoms with Crippen LogP contribution < -0.4 is 11.1 Å². The van der Waals surface area contributed by atoms with Crippen LogP contribution >= 0.6 is 0 Å². The van der Waals surface area contributed by atoms with Crippen molar-refractivity contribution in [2.24, 2.45) is 11.7 Å². The average Bonchev–Trinajstić information content (AvgIpc) is 2.89. The predicted molar refractivity (Wildman–Crippen MR) is 76.3 cm³/mol. The Bertz CT molecular complexity index is 718. The van der Waals surface area contributed by atoms with Crippen LogP contribution in [0.4, 0.5) is 13.2 Å². The molecule has 8 heteroatoms. The molecule has 0 spiro atoms. The minimum absolute atomic E-state index is 0.121. The van der Waals surface area contributed by atoms with Gasteiger partial charge in [0.1, 0.15) is 5.52 Å². The number of piperidine rings is 1. The lowest BCUT2D eigenvalue weighted by Crippen LogP contribution is -2.35. The highest BCUT2D eigenvalue weighted by Gasteiger charge is 2.32. The summed E-state index contributed by atoms with van der Waals surface area (Å²) in [5.74, 6) is 0.207. The minimum atomic E-state index is -4.41. The molecule has 5 nitrogen and oxygen atoms in total. The third-order valence-corrected chi connectivity index (χ3v) is 4.04. The summed E-state index contributed by atoms with van der Waals surface area (Å²) in [4.78, 5) is 15.2. The van der Waals surface area contributed by atoms with Gasteiger partial charge in [0.25, 0.3) is 0 Å². The molecule has 2 aromatic rings. The topological polar surface area (TPSA) is 81.2 Å². The number of nitrogens with two attached hydrogens (primary N) is 1. The van der Waals surface area contributed by atoms with Gasteiger partial charge < -0.3 is 15.5 Å². The lowest BCUT2D eigenvalue weighted by atomic mass is 9.92. The highest BCUT2D eigenvalue weighted by Crippen LogP contribution is 2.33. The number of amides is 1. The van der Waals surface area contributed by atoms with Gasteiger partial charge in [-0.2, -0.15) is 13.2 Å². The summed E-state index contributed by atoms with van der Waals surface area (Å²) < 4.78 is 43.6. The zero-order valence-electron chi connectivity index (χ0n) is 12.2. The number of rotatable bonds is 3. The molecule has 0 aliphatic carbocycles. The van der Waals surface area contributed by atoms with Crippen molar-refractivity contribution >= 4 is 17.0 Å². The Hall–Kier alpha value is -2.09. The second-order valence-corrected chi connectivity index (χ2v) is 5.81. The first-order valence-electron chi connectivity index (χ1n) is 7.32. The smallest absolute Gasteiger partial charge is 0.416 e. The van der Waals surface area contributed by atoms with Crippen LogP contribution in [0.1, 0.15) is 36.8 Å². The molecule has 0 saturated carbocycles. The number of primary amides is 1. The van der Waals surface area contributed by atoms with Crippen molar-refractivity contribution < 1.29 is 22.4 Å². The van der Waals surface area contributed by atoms with Crippen LogP contribution in [0.3, 0.4) is 0 Å². The monoisotopic (exact) mass is 327 g/mol. The second-order valence-electron chi connectivity index (χ2n) is 5.81. The number of carbonyl (C=O) groups excluding carboxylic acids is 1. The van der Waals surface area contributed by atoms with Crippen LogP contribution in [-0.2, 0) is 11.0 Å². The Kier molecular flexibility index (Phi) is 4.01. The SMILES string of the molecule is NC(=O)C[C@@H]1CC[C@H](c2nc3ccc(C(F)(F)F)cc3o2)NC1. The summed E-state index contributed by atoms with van der Waals surface area (Å²) in [5.41, 5.74) is 4.94. The van der Waals surface area contributed by atoms with E-state index in [1.165, 1.54) is 6.07 Å². The van der Waals surface area contributed by atoms with Crippen LogP contribution in [-0.4, -0.2) is 17.4 Å². The number of halogens is 3. The quantitative estimate of drug-likeness (QED) is 0.908. The molecule has 1 aliphatic rings. The third kappa shape index (κ3) is 3.47. The molecule has 0 bridgehead atoms. The summed E-state index contributed by atoms with van der Waals surface area (Å²) >= 11 is 0. The van der Waals surface area contributed by atoms with Gasteiger partial charge in [-0.1, -0.05) is 0 Å². The van der Waals surface area contributed by atoms with E-state index in [9.17, 15) is 18.0 Å². The van der Waals surface area contributed by atoms with Crippen molar-refractivity contribution in [3.05, 3.63) is 29.7 Å². The lowest BCUT2D eigenvalue weighted by molar-refractivity contribution is -0.137. The number of carbonyl (C=O) groups is 1. The normalized spacial score (nSPS) is 22.4. The van der Waals surface area contributed by atoms with Crippen LogP contribution in [0.5, 0.6) is 0 Å². The molecule has 3 N–H and O–H groups in total. The molecular formula is C15H16F3N3O2. The fraction of sp³-hybridized carbons (Fsp3) is 0.467. The zero-order valence-corrected chi connectivity index (χ0v) is 12.2. The van der Waals surface area contributed by atoms with E-state index in [2.05, 4.69) is 10.3 Å². The first kappa shape index (κ1) is 15.8. The lowest BCUT2D eigenvalue weighted by Gasteiger charge is -2.27. The van der Waals surface area contributed by atoms with E-state index < -0.39 is 11.7 Å². The van der Waals surface area contributed by atoms with Gasteiger partial charge in [0.2, 0.25) is 11.8 Å². The first-order valence-corrected chi connectivity index (χ1v) is 7.32. The Morgan fingerprint density at radius 1 is 1.39 bits per heavy atom. The Morgan fingerprint density at radius 3 is 2.78 bits per heavy atom. The predicted octanol–water partition coefficient (Wildman–Crippen LogP) is 2.76. The third-order valence-electron chi connectivity index (χ3n) is 4.04. The van der Waals surface area contributed by atoms with Gasteiger partial charge in [0, 0.05) is 6.42 Å². The van der Waals surface area contributed by atoms with Crippen molar-refractivity contribution in [2.45, 2.75) is 31.5 Å². The minimum Gasteiger partial charge on any atom is -0.439 e. The molecule has 0 unspecified atom stereocenters. The van der Waals surface area contributed by atoms with Crippen LogP contribution in [0.25, 0.3) is 11.1 Å². The summed E-state index contributed by atoms with van der Waals surface area (Å²) in [6, 6.07) is 3.10. The Balaban J connectivity index is 1.75. The zero-order chi connectivity index (χ0) is 16.6. The van der Waals surface area contributed by atoms with Crippen molar-refractivity contribution in [1.82, 2.24) is 10.3 Å². The van der Waals surface area contributed by atoms with E-state index in [1.54, 1.807) is 0 Å². The molecular weight excluding hydrogens is 311 g/mol. The maximum absolute atomic E-state index is 12.7. The number of oxazole rings is 1. The summed E-state index contributed by atoms with van der Waals surface area (Å²) in [7, 11) is 0. The van der Waals surface area contributed by atoms with E-state index in [0.29, 0.717) is 30.8 Å². The van der Waals surface area contributed by atoms with E-state index >= 15 is 0 Å². The van der Waals surface area contributed by atoms with Gasteiger partial charge in [0.05, 0.1) is 11.6 Å². The standard InChI is InChI=1S/C15H16F3N3O2/c16-15(17,18)9-2-4-10-12(6-9)23-14(21-10)11-3-1-8(7-20-11)5-13(19)22/h2,4,6,8,11,20H,1,3,5,7H2,(H2,19,22)/t8-,11+/m0/s1. The first-order chi connectivity index (χ1) is 10.8. The van der Waals surface area contributed by atoms with Gasteiger partial charge in [-0.25, -0.2) is 4.98 Å². The summed E-state index contributed by atoms with van der Waals surface area (Å²) in [6.45, 7) is 0.597. The van der Waals surface area contributed by atoms with E-state index in [-0.39, 0.29) is 23.4 Å². The molecule has 2 atom stereocenters. The molecule has 1 aliphatic heterocycles. The number of alkyl halides is 3. The van der Waals surface area contributed by atoms with E-state index in [0.717, 1.165) is 18.6 Å². The number of hydrogen-bond donors (Lipinski definition) is 2.